The number of hydrogen-bond acceptors (Lipinski definition) is 5. The van der Waals surface area contributed by atoms with Gasteiger partial charge in [-0.3, -0.25) is 9.79 Å². The van der Waals surface area contributed by atoms with Crippen LogP contribution in [0.1, 0.15) is 19.4 Å². The van der Waals surface area contributed by atoms with Crippen LogP contribution in [0.2, 0.25) is 0 Å². The van der Waals surface area contributed by atoms with Crippen LogP contribution >= 0.6 is 0 Å². The fourth-order valence-electron chi connectivity index (χ4n) is 2.72. The van der Waals surface area contributed by atoms with E-state index in [9.17, 15) is 4.79 Å². The summed E-state index contributed by atoms with van der Waals surface area (Å²) < 4.78 is 5.11. The van der Waals surface area contributed by atoms with Crippen molar-refractivity contribution < 1.29 is 9.53 Å². The first-order valence-corrected chi connectivity index (χ1v) is 7.78. The van der Waals surface area contributed by atoms with Gasteiger partial charge in [0.25, 0.3) is 5.91 Å². The summed E-state index contributed by atoms with van der Waals surface area (Å²) in [5.74, 6) is 1.42. The van der Waals surface area contributed by atoms with Crippen molar-refractivity contribution in [1.29, 1.82) is 0 Å². The van der Waals surface area contributed by atoms with Gasteiger partial charge in [0.2, 0.25) is 0 Å². The number of allylic oxidation sites excluding steroid dienone is 2. The first kappa shape index (κ1) is 16.0. The number of methoxy groups -OCH3 is 1. The van der Waals surface area contributed by atoms with Gasteiger partial charge >= 0.3 is 0 Å². The first-order chi connectivity index (χ1) is 11.6. The Bertz CT molecular complexity index is 747. The number of amides is 1. The normalized spacial score (nSPS) is 22.2. The molecule has 0 spiro atoms. The molecule has 0 saturated heterocycles. The SMILES string of the molecule is COc1ccc(/C=N/NC(=O)C2C(C)N=C3C=C(C)C=CN32)cc1. The molecule has 6 heteroatoms. The van der Waals surface area contributed by atoms with Crippen LogP contribution in [-0.4, -0.2) is 42.1 Å². The van der Waals surface area contributed by atoms with Crippen LogP contribution in [0.15, 0.2) is 58.3 Å². The van der Waals surface area contributed by atoms with E-state index in [2.05, 4.69) is 15.5 Å². The van der Waals surface area contributed by atoms with E-state index in [0.717, 1.165) is 22.7 Å². The third-order valence-corrected chi connectivity index (χ3v) is 3.98. The number of nitrogens with one attached hydrogen (secondary N) is 1. The summed E-state index contributed by atoms with van der Waals surface area (Å²) in [5, 5.41) is 4.05. The minimum absolute atomic E-state index is 0.122. The minimum Gasteiger partial charge on any atom is -0.497 e. The Morgan fingerprint density at radius 1 is 1.38 bits per heavy atom. The third kappa shape index (κ3) is 3.22. The average Bonchev–Trinajstić information content (AvgIpc) is 2.90. The van der Waals surface area contributed by atoms with Crippen LogP contribution in [0, 0.1) is 0 Å². The van der Waals surface area contributed by atoms with Crippen molar-refractivity contribution >= 4 is 18.0 Å². The number of carbonyl (C=O) groups excluding carboxylic acids is 1. The molecule has 6 nitrogen and oxygen atoms in total. The molecule has 24 heavy (non-hydrogen) atoms. The number of ether oxygens (including phenoxy) is 1. The lowest BCUT2D eigenvalue weighted by molar-refractivity contribution is -0.124. The number of aliphatic imine (C=N–C) groups is 1. The standard InChI is InChI=1S/C18H20N4O2/c1-12-8-9-22-16(10-12)20-13(2)17(22)18(23)21-19-11-14-4-6-15(24-3)7-5-14/h4-11,13,17H,1-3H3,(H,21,23)/b19-11+. The lowest BCUT2D eigenvalue weighted by Gasteiger charge is -2.25. The van der Waals surface area contributed by atoms with Gasteiger partial charge in [-0.25, -0.2) is 5.43 Å². The second-order valence-corrected chi connectivity index (χ2v) is 5.79. The largest absolute Gasteiger partial charge is 0.497 e. The summed E-state index contributed by atoms with van der Waals surface area (Å²) in [7, 11) is 1.62. The molecule has 3 rings (SSSR count). The summed E-state index contributed by atoms with van der Waals surface area (Å²) in [5.41, 5.74) is 4.61. The Kier molecular flexibility index (Phi) is 4.46. The summed E-state index contributed by atoms with van der Waals surface area (Å²) in [6, 6.07) is 6.92. The maximum atomic E-state index is 12.5. The number of fused-ring (bicyclic) bond motifs is 1. The zero-order valence-electron chi connectivity index (χ0n) is 13.9. The number of nitrogens with zero attached hydrogens (tertiary/aromatic N) is 3. The highest BCUT2D eigenvalue weighted by atomic mass is 16.5. The van der Waals surface area contributed by atoms with Gasteiger partial charge in [0, 0.05) is 6.20 Å². The van der Waals surface area contributed by atoms with Crippen molar-refractivity contribution in [2.75, 3.05) is 7.11 Å². The van der Waals surface area contributed by atoms with Gasteiger partial charge in [-0.15, -0.1) is 0 Å². The number of hydrogen-bond donors (Lipinski definition) is 1. The molecule has 1 N–H and O–H groups in total. The van der Waals surface area contributed by atoms with E-state index >= 15 is 0 Å². The van der Waals surface area contributed by atoms with E-state index in [-0.39, 0.29) is 18.0 Å². The molecule has 1 amide bonds. The smallest absolute Gasteiger partial charge is 0.265 e. The molecule has 2 heterocycles. The highest BCUT2D eigenvalue weighted by Gasteiger charge is 2.37. The zero-order chi connectivity index (χ0) is 17.1. The maximum Gasteiger partial charge on any atom is 0.265 e. The Morgan fingerprint density at radius 2 is 2.12 bits per heavy atom. The van der Waals surface area contributed by atoms with E-state index in [1.807, 2.05) is 61.4 Å². The Morgan fingerprint density at radius 3 is 2.83 bits per heavy atom. The molecule has 2 unspecified atom stereocenters. The van der Waals surface area contributed by atoms with Crippen LogP contribution in [0.4, 0.5) is 0 Å². The summed E-state index contributed by atoms with van der Waals surface area (Å²) in [6.45, 7) is 3.94. The van der Waals surface area contributed by atoms with E-state index in [1.54, 1.807) is 13.3 Å². The topological polar surface area (TPSA) is 66.3 Å². The quantitative estimate of drug-likeness (QED) is 0.681. The second-order valence-electron chi connectivity index (χ2n) is 5.79. The number of carbonyl (C=O) groups is 1. The van der Waals surface area contributed by atoms with Gasteiger partial charge in [-0.2, -0.15) is 5.10 Å². The van der Waals surface area contributed by atoms with E-state index in [1.165, 1.54) is 0 Å². The van der Waals surface area contributed by atoms with Gasteiger partial charge in [0.1, 0.15) is 17.6 Å². The molecular weight excluding hydrogens is 304 g/mol. The third-order valence-electron chi connectivity index (χ3n) is 3.98. The monoisotopic (exact) mass is 324 g/mol. The van der Waals surface area contributed by atoms with Gasteiger partial charge in [-0.1, -0.05) is 0 Å². The molecule has 2 aliphatic heterocycles. The lowest BCUT2D eigenvalue weighted by atomic mass is 10.1. The molecule has 2 aliphatic rings. The van der Waals surface area contributed by atoms with E-state index < -0.39 is 0 Å². The maximum absolute atomic E-state index is 12.5. The summed E-state index contributed by atoms with van der Waals surface area (Å²) in [4.78, 5) is 18.9. The molecule has 0 saturated carbocycles. The first-order valence-electron chi connectivity index (χ1n) is 7.78. The van der Waals surface area contributed by atoms with Crippen molar-refractivity contribution in [3.05, 3.63) is 53.8 Å². The Labute approximate surface area is 141 Å². The van der Waals surface area contributed by atoms with Gasteiger partial charge in [0.05, 0.1) is 19.4 Å². The molecular formula is C18H20N4O2. The molecule has 1 aromatic rings. The lowest BCUT2D eigenvalue weighted by Crippen LogP contribution is -2.46. The molecule has 1 aromatic carbocycles. The van der Waals surface area contributed by atoms with Crippen LogP contribution in [-0.2, 0) is 4.79 Å². The molecule has 0 bridgehead atoms. The molecule has 2 atom stereocenters. The number of rotatable bonds is 4. The number of benzene rings is 1. The second kappa shape index (κ2) is 6.70. The van der Waals surface area contributed by atoms with Crippen LogP contribution < -0.4 is 10.2 Å². The van der Waals surface area contributed by atoms with Crippen LogP contribution in [0.3, 0.4) is 0 Å². The fraction of sp³-hybridized carbons (Fsp3) is 0.278. The minimum atomic E-state index is -0.381. The molecule has 0 aromatic heterocycles. The van der Waals surface area contributed by atoms with Crippen molar-refractivity contribution in [3.63, 3.8) is 0 Å². The molecule has 124 valence electrons. The predicted octanol–water partition coefficient (Wildman–Crippen LogP) is 2.09. The van der Waals surface area contributed by atoms with Gasteiger partial charge < -0.3 is 9.64 Å². The average molecular weight is 324 g/mol. The molecule has 0 fully saturated rings. The van der Waals surface area contributed by atoms with Crippen molar-refractivity contribution in [2.45, 2.75) is 25.9 Å². The van der Waals surface area contributed by atoms with Crippen molar-refractivity contribution in [2.24, 2.45) is 10.1 Å². The van der Waals surface area contributed by atoms with Gasteiger partial charge in [0.15, 0.2) is 0 Å². The van der Waals surface area contributed by atoms with E-state index in [4.69, 9.17) is 4.74 Å². The Hall–Kier alpha value is -2.89. The summed E-state index contributed by atoms with van der Waals surface area (Å²) >= 11 is 0. The van der Waals surface area contributed by atoms with Crippen LogP contribution in [0.5, 0.6) is 5.75 Å². The highest BCUT2D eigenvalue weighted by molar-refractivity contribution is 6.01. The predicted molar refractivity (Wildman–Crippen MR) is 94.2 cm³/mol. The molecule has 0 radical (unpaired) electrons. The van der Waals surface area contributed by atoms with E-state index in [0.29, 0.717) is 0 Å². The Balaban J connectivity index is 1.63. The van der Waals surface area contributed by atoms with Crippen LogP contribution in [0.25, 0.3) is 0 Å². The number of hydrazone groups is 1. The summed E-state index contributed by atoms with van der Waals surface area (Å²) in [6.07, 6.45) is 7.45. The highest BCUT2D eigenvalue weighted by Crippen LogP contribution is 2.23. The number of amidine groups is 1. The molecule has 0 aliphatic carbocycles. The van der Waals surface area contributed by atoms with Crippen molar-refractivity contribution in [1.82, 2.24) is 10.3 Å². The van der Waals surface area contributed by atoms with Crippen molar-refractivity contribution in [3.8, 4) is 5.75 Å². The zero-order valence-corrected chi connectivity index (χ0v) is 13.9. The van der Waals surface area contributed by atoms with Gasteiger partial charge in [-0.05, 0) is 61.4 Å². The fourth-order valence-corrected chi connectivity index (χ4v) is 2.72.